The van der Waals surface area contributed by atoms with Gasteiger partial charge in [0.2, 0.25) is 0 Å². The predicted octanol–water partition coefficient (Wildman–Crippen LogP) is 2.35. The van der Waals surface area contributed by atoms with Crippen molar-refractivity contribution in [1.29, 1.82) is 0 Å². The summed E-state index contributed by atoms with van der Waals surface area (Å²) in [6.07, 6.45) is 3.93. The van der Waals surface area contributed by atoms with Crippen molar-refractivity contribution >= 4 is 11.6 Å². The summed E-state index contributed by atoms with van der Waals surface area (Å²) in [7, 11) is 1.64. The number of hydrogen-bond acceptors (Lipinski definition) is 4. The van der Waals surface area contributed by atoms with Gasteiger partial charge in [0.05, 0.1) is 18.8 Å². The lowest BCUT2D eigenvalue weighted by atomic mass is 10.2. The number of nitrogens with zero attached hydrogens (tertiary/aromatic N) is 3. The van der Waals surface area contributed by atoms with E-state index in [1.165, 1.54) is 0 Å². The van der Waals surface area contributed by atoms with Crippen molar-refractivity contribution in [3.05, 3.63) is 35.4 Å². The highest BCUT2D eigenvalue weighted by molar-refractivity contribution is 6.30. The van der Waals surface area contributed by atoms with E-state index in [0.717, 1.165) is 36.6 Å². The van der Waals surface area contributed by atoms with Gasteiger partial charge in [-0.15, -0.1) is 10.2 Å². The molecule has 5 nitrogen and oxygen atoms in total. The van der Waals surface area contributed by atoms with Crippen LogP contribution in [0.1, 0.15) is 24.7 Å². The van der Waals surface area contributed by atoms with E-state index >= 15 is 0 Å². The van der Waals surface area contributed by atoms with Gasteiger partial charge in [-0.3, -0.25) is 4.57 Å². The van der Waals surface area contributed by atoms with Crippen molar-refractivity contribution in [2.75, 3.05) is 13.7 Å². The number of nitrogens with one attached hydrogen (secondary N) is 1. The van der Waals surface area contributed by atoms with Crippen molar-refractivity contribution in [1.82, 2.24) is 20.1 Å². The molecule has 1 atom stereocenters. The van der Waals surface area contributed by atoms with Crippen molar-refractivity contribution in [2.45, 2.75) is 18.9 Å². The van der Waals surface area contributed by atoms with Gasteiger partial charge in [0.15, 0.2) is 5.82 Å². The smallest absolute Gasteiger partial charge is 0.154 e. The summed E-state index contributed by atoms with van der Waals surface area (Å²) in [4.78, 5) is 0. The highest BCUT2D eigenvalue weighted by Crippen LogP contribution is 2.30. The molecule has 3 rings (SSSR count). The normalized spacial score (nSPS) is 18.7. The van der Waals surface area contributed by atoms with Crippen LogP contribution in [0.3, 0.4) is 0 Å². The second kappa shape index (κ2) is 5.19. The Bertz CT molecular complexity index is 578. The van der Waals surface area contributed by atoms with E-state index in [4.69, 9.17) is 16.3 Å². The van der Waals surface area contributed by atoms with Crippen molar-refractivity contribution in [2.24, 2.45) is 0 Å². The molecule has 1 aromatic heterocycles. The minimum Gasteiger partial charge on any atom is -0.495 e. The molecule has 0 amide bonds. The third-order valence-electron chi connectivity index (χ3n) is 3.35. The summed E-state index contributed by atoms with van der Waals surface area (Å²) in [5.41, 5.74) is 0.865. The largest absolute Gasteiger partial charge is 0.495 e. The van der Waals surface area contributed by atoms with E-state index in [1.54, 1.807) is 13.4 Å². The first-order valence-electron chi connectivity index (χ1n) is 6.27. The van der Waals surface area contributed by atoms with E-state index in [0.29, 0.717) is 5.02 Å². The molecular weight excluding hydrogens is 264 g/mol. The first-order valence-corrected chi connectivity index (χ1v) is 6.64. The molecule has 2 heterocycles. The topological polar surface area (TPSA) is 52.0 Å². The zero-order valence-corrected chi connectivity index (χ0v) is 11.4. The van der Waals surface area contributed by atoms with Gasteiger partial charge in [-0.05, 0) is 37.6 Å². The van der Waals surface area contributed by atoms with E-state index in [1.807, 2.05) is 22.8 Å². The second-order valence-corrected chi connectivity index (χ2v) is 4.96. The molecule has 0 aliphatic carbocycles. The summed E-state index contributed by atoms with van der Waals surface area (Å²) in [6.45, 7) is 1.02. The lowest BCUT2D eigenvalue weighted by Gasteiger charge is -2.14. The highest BCUT2D eigenvalue weighted by atomic mass is 35.5. The summed E-state index contributed by atoms with van der Waals surface area (Å²) >= 11 is 6.08. The molecule has 1 aromatic carbocycles. The van der Waals surface area contributed by atoms with Crippen molar-refractivity contribution in [3.63, 3.8) is 0 Å². The average molecular weight is 279 g/mol. The van der Waals surface area contributed by atoms with Crippen LogP contribution in [0.15, 0.2) is 24.5 Å². The molecule has 0 bridgehead atoms. The zero-order valence-electron chi connectivity index (χ0n) is 10.6. The van der Waals surface area contributed by atoms with E-state index in [-0.39, 0.29) is 6.04 Å². The van der Waals surface area contributed by atoms with Gasteiger partial charge in [0.25, 0.3) is 0 Å². The van der Waals surface area contributed by atoms with Crippen LogP contribution in [-0.4, -0.2) is 28.4 Å². The van der Waals surface area contributed by atoms with Crippen LogP contribution in [0.2, 0.25) is 5.02 Å². The minimum absolute atomic E-state index is 0.242. The number of rotatable bonds is 3. The number of aromatic nitrogens is 3. The van der Waals surface area contributed by atoms with Gasteiger partial charge in [0, 0.05) is 5.02 Å². The fraction of sp³-hybridized carbons (Fsp3) is 0.385. The van der Waals surface area contributed by atoms with Crippen LogP contribution < -0.4 is 10.1 Å². The van der Waals surface area contributed by atoms with Gasteiger partial charge >= 0.3 is 0 Å². The minimum atomic E-state index is 0.242. The predicted molar refractivity (Wildman–Crippen MR) is 72.9 cm³/mol. The molecule has 2 aromatic rings. The molecule has 1 aliphatic heterocycles. The first kappa shape index (κ1) is 12.4. The lowest BCUT2D eigenvalue weighted by molar-refractivity contribution is 0.412. The van der Waals surface area contributed by atoms with Gasteiger partial charge in [-0.25, -0.2) is 0 Å². The molecule has 1 fully saturated rings. The number of hydrogen-bond donors (Lipinski definition) is 1. The standard InChI is InChI=1S/C13H15ClN4O/c1-19-12-5-4-9(14)7-11(12)18-8-16-17-13(18)10-3-2-6-15-10/h4-5,7-8,10,15H,2-3,6H2,1H3. The maximum absolute atomic E-state index is 6.08. The molecule has 100 valence electrons. The molecular formula is C13H15ClN4O. The molecule has 1 N–H and O–H groups in total. The van der Waals surface area contributed by atoms with Crippen LogP contribution in [0, 0.1) is 0 Å². The Morgan fingerprint density at radius 3 is 3.11 bits per heavy atom. The number of ether oxygens (including phenoxy) is 1. The molecule has 0 spiro atoms. The monoisotopic (exact) mass is 278 g/mol. The summed E-state index contributed by atoms with van der Waals surface area (Å²) in [5.74, 6) is 1.65. The number of halogens is 1. The van der Waals surface area contributed by atoms with Crippen LogP contribution in [0.5, 0.6) is 5.75 Å². The Kier molecular flexibility index (Phi) is 3.40. The number of benzene rings is 1. The van der Waals surface area contributed by atoms with Crippen LogP contribution >= 0.6 is 11.6 Å². The molecule has 0 radical (unpaired) electrons. The second-order valence-electron chi connectivity index (χ2n) is 4.52. The fourth-order valence-electron chi connectivity index (χ4n) is 2.42. The Labute approximate surface area is 116 Å². The lowest BCUT2D eigenvalue weighted by Crippen LogP contribution is -2.17. The summed E-state index contributed by atoms with van der Waals surface area (Å²) in [5, 5.41) is 12.3. The molecule has 1 aliphatic rings. The quantitative estimate of drug-likeness (QED) is 0.936. The molecule has 1 unspecified atom stereocenters. The van der Waals surface area contributed by atoms with Crippen molar-refractivity contribution in [3.8, 4) is 11.4 Å². The molecule has 6 heteroatoms. The van der Waals surface area contributed by atoms with Crippen molar-refractivity contribution < 1.29 is 4.74 Å². The SMILES string of the molecule is COc1ccc(Cl)cc1-n1cnnc1C1CCCN1. The van der Waals surface area contributed by atoms with Crippen LogP contribution in [-0.2, 0) is 0 Å². The molecule has 1 saturated heterocycles. The van der Waals surface area contributed by atoms with Crippen LogP contribution in [0.25, 0.3) is 5.69 Å². The zero-order chi connectivity index (χ0) is 13.2. The molecule has 19 heavy (non-hydrogen) atoms. The van der Waals surface area contributed by atoms with Gasteiger partial charge < -0.3 is 10.1 Å². The van der Waals surface area contributed by atoms with Gasteiger partial charge in [0.1, 0.15) is 12.1 Å². The maximum atomic E-state index is 6.08. The third-order valence-corrected chi connectivity index (χ3v) is 3.58. The first-order chi connectivity index (χ1) is 9.29. The van der Waals surface area contributed by atoms with E-state index < -0.39 is 0 Å². The third kappa shape index (κ3) is 2.31. The Morgan fingerprint density at radius 2 is 2.37 bits per heavy atom. The average Bonchev–Trinajstić information content (AvgIpc) is 3.09. The Hall–Kier alpha value is -1.59. The van der Waals surface area contributed by atoms with Gasteiger partial charge in [-0.1, -0.05) is 11.6 Å². The van der Waals surface area contributed by atoms with E-state index in [9.17, 15) is 0 Å². The fourth-order valence-corrected chi connectivity index (χ4v) is 2.59. The van der Waals surface area contributed by atoms with E-state index in [2.05, 4.69) is 15.5 Å². The molecule has 0 saturated carbocycles. The Balaban J connectivity index is 2.07. The maximum Gasteiger partial charge on any atom is 0.154 e. The Morgan fingerprint density at radius 1 is 1.47 bits per heavy atom. The van der Waals surface area contributed by atoms with Gasteiger partial charge in [-0.2, -0.15) is 0 Å². The summed E-state index contributed by atoms with van der Waals surface area (Å²) < 4.78 is 7.32. The van der Waals surface area contributed by atoms with Crippen LogP contribution in [0.4, 0.5) is 0 Å². The summed E-state index contributed by atoms with van der Waals surface area (Å²) in [6, 6.07) is 5.76. The number of methoxy groups -OCH3 is 1. The highest BCUT2D eigenvalue weighted by Gasteiger charge is 2.23.